The fraction of sp³-hybridized carbons (Fsp3) is 0.614. The number of aromatic nitrogens is 2. The van der Waals surface area contributed by atoms with Crippen LogP contribution in [0, 0.1) is 23.2 Å². The summed E-state index contributed by atoms with van der Waals surface area (Å²) < 4.78 is 0. The van der Waals surface area contributed by atoms with E-state index in [4.69, 9.17) is 0 Å². The fourth-order valence-electron chi connectivity index (χ4n) is 8.97. The molecule has 0 radical (unpaired) electrons. The van der Waals surface area contributed by atoms with Crippen molar-refractivity contribution < 1.29 is 38.7 Å². The minimum Gasteiger partial charge on any atom is -0.480 e. The Balaban J connectivity index is 1.36. The van der Waals surface area contributed by atoms with Crippen LogP contribution in [0.25, 0.3) is 0 Å². The third-order valence-electron chi connectivity index (χ3n) is 12.2. The SMILES string of the molecule is CCCCCC(NC(=O)[C@@H]1[C@H]2CCC[C@H]2CN1C(=O)[C@@H](NC(=O)[C@@H](NC(=O)c1cnccn1)C1CCCCC1)C(C)(C)C)C(=O)C(=O)N[C@@H](Cc1ccccc1)C(=O)O. The van der Waals surface area contributed by atoms with Gasteiger partial charge in [-0.3, -0.25) is 33.8 Å². The monoisotopic (exact) mass is 815 g/mol. The first-order valence-electron chi connectivity index (χ1n) is 21.3. The van der Waals surface area contributed by atoms with Crippen LogP contribution < -0.4 is 21.3 Å². The van der Waals surface area contributed by atoms with Gasteiger partial charge < -0.3 is 31.3 Å². The lowest BCUT2D eigenvalue weighted by atomic mass is 9.82. The number of carboxylic acid groups (broad SMARTS) is 1. The molecule has 1 aliphatic heterocycles. The minimum atomic E-state index is -1.37. The van der Waals surface area contributed by atoms with E-state index in [1.807, 2.05) is 27.7 Å². The molecule has 5 amide bonds. The van der Waals surface area contributed by atoms with Crippen LogP contribution in [0.5, 0.6) is 0 Å². The number of ketones is 1. The van der Waals surface area contributed by atoms with Crippen molar-refractivity contribution in [2.24, 2.45) is 23.2 Å². The van der Waals surface area contributed by atoms with Gasteiger partial charge in [0.15, 0.2) is 0 Å². The quantitative estimate of drug-likeness (QED) is 0.108. The Bertz CT molecular complexity index is 1800. The van der Waals surface area contributed by atoms with Gasteiger partial charge in [0.05, 0.1) is 12.2 Å². The van der Waals surface area contributed by atoms with E-state index in [2.05, 4.69) is 31.2 Å². The van der Waals surface area contributed by atoms with Crippen molar-refractivity contribution in [2.45, 2.75) is 141 Å². The average Bonchev–Trinajstić information content (AvgIpc) is 3.83. The van der Waals surface area contributed by atoms with Gasteiger partial charge in [0.1, 0.15) is 29.9 Å². The Morgan fingerprint density at radius 1 is 0.847 bits per heavy atom. The van der Waals surface area contributed by atoms with Gasteiger partial charge >= 0.3 is 5.97 Å². The topological polar surface area (TPSA) is 217 Å². The molecular weight excluding hydrogens is 755 g/mol. The molecule has 1 saturated heterocycles. The lowest BCUT2D eigenvalue weighted by molar-refractivity contribution is -0.147. The molecule has 3 aliphatic rings. The van der Waals surface area contributed by atoms with Crippen molar-refractivity contribution in [3.05, 3.63) is 60.2 Å². The number of nitrogens with zero attached hydrogens (tertiary/aromatic N) is 3. The third kappa shape index (κ3) is 11.7. The first-order valence-corrected chi connectivity index (χ1v) is 21.3. The number of aliphatic carboxylic acids is 1. The largest absolute Gasteiger partial charge is 0.480 e. The number of Topliss-reactive ketones (excluding diaryl/α,β-unsaturated/α-hetero) is 1. The Morgan fingerprint density at radius 2 is 1.58 bits per heavy atom. The van der Waals surface area contributed by atoms with Crippen LogP contribution in [0.15, 0.2) is 48.9 Å². The van der Waals surface area contributed by atoms with Gasteiger partial charge in [0.2, 0.25) is 23.5 Å². The maximum absolute atomic E-state index is 14.8. The van der Waals surface area contributed by atoms with Crippen LogP contribution in [0.3, 0.4) is 0 Å². The summed E-state index contributed by atoms with van der Waals surface area (Å²) >= 11 is 0. The van der Waals surface area contributed by atoms with Crippen LogP contribution in [0.2, 0.25) is 0 Å². The highest BCUT2D eigenvalue weighted by Crippen LogP contribution is 2.43. The number of benzene rings is 1. The van der Waals surface area contributed by atoms with Crippen molar-refractivity contribution in [2.75, 3.05) is 6.54 Å². The molecule has 2 aliphatic carbocycles. The number of rotatable bonds is 18. The van der Waals surface area contributed by atoms with E-state index in [1.54, 1.807) is 30.3 Å². The standard InChI is InChI=1S/C44H61N7O8/c1-5-6-9-21-31(36(52)41(56)48-32(43(58)59)24-27-15-10-7-11-16-27)47-40(55)35-30-20-14-19-29(30)26-51(35)42(57)37(44(2,3)4)50-39(54)34(28-17-12-8-13-18-28)49-38(53)33-25-45-22-23-46-33/h7,10-11,15-16,22-23,25,28-32,34-35,37H,5-6,8-9,12-14,17-21,24,26H2,1-4H3,(H,47,55)(H,48,56)(H,49,53)(H,50,54)(H,58,59)/t29-,30-,31?,32-,34-,35-,37+/m0/s1. The van der Waals surface area contributed by atoms with Crippen LogP contribution in [-0.4, -0.2) is 98.0 Å². The highest BCUT2D eigenvalue weighted by atomic mass is 16.4. The van der Waals surface area contributed by atoms with E-state index < -0.39 is 76.9 Å². The van der Waals surface area contributed by atoms with Crippen LogP contribution in [-0.2, 0) is 35.2 Å². The minimum absolute atomic E-state index is 0.0270. The summed E-state index contributed by atoms with van der Waals surface area (Å²) in [4.78, 5) is 106. The molecule has 1 unspecified atom stereocenters. The first kappa shape index (κ1) is 44.9. The van der Waals surface area contributed by atoms with E-state index in [9.17, 15) is 38.7 Å². The number of fused-ring (bicyclic) bond motifs is 1. The van der Waals surface area contributed by atoms with Gasteiger partial charge in [0, 0.05) is 25.4 Å². The highest BCUT2D eigenvalue weighted by molar-refractivity contribution is 6.38. The molecule has 3 fully saturated rings. The molecule has 59 heavy (non-hydrogen) atoms. The molecule has 15 heteroatoms. The Hall–Kier alpha value is -5.21. The van der Waals surface area contributed by atoms with Gasteiger partial charge in [-0.2, -0.15) is 0 Å². The fourth-order valence-corrected chi connectivity index (χ4v) is 8.97. The number of hydrogen-bond acceptors (Lipinski definition) is 9. The molecule has 5 rings (SSSR count). The van der Waals surface area contributed by atoms with Crippen molar-refractivity contribution in [1.29, 1.82) is 0 Å². The Morgan fingerprint density at radius 3 is 2.22 bits per heavy atom. The number of carboxylic acids is 1. The van der Waals surface area contributed by atoms with Gasteiger partial charge in [0.25, 0.3) is 11.8 Å². The molecule has 0 bridgehead atoms. The molecule has 320 valence electrons. The molecule has 15 nitrogen and oxygen atoms in total. The van der Waals surface area contributed by atoms with E-state index in [-0.39, 0.29) is 42.8 Å². The van der Waals surface area contributed by atoms with E-state index in [0.29, 0.717) is 18.4 Å². The van der Waals surface area contributed by atoms with Gasteiger partial charge in [-0.25, -0.2) is 9.78 Å². The molecule has 2 heterocycles. The molecular formula is C44H61N7O8. The summed E-state index contributed by atoms with van der Waals surface area (Å²) in [6.07, 6.45) is 13.0. The van der Waals surface area contributed by atoms with Crippen LogP contribution in [0.1, 0.15) is 121 Å². The molecule has 1 aromatic carbocycles. The lowest BCUT2D eigenvalue weighted by Crippen LogP contribution is -2.62. The molecule has 2 aromatic rings. The van der Waals surface area contributed by atoms with E-state index in [0.717, 1.165) is 57.8 Å². The summed E-state index contributed by atoms with van der Waals surface area (Å²) in [5, 5.41) is 21.0. The van der Waals surface area contributed by atoms with Crippen LogP contribution in [0.4, 0.5) is 0 Å². The van der Waals surface area contributed by atoms with Gasteiger partial charge in [-0.1, -0.05) is 103 Å². The average molecular weight is 816 g/mol. The molecule has 0 spiro atoms. The lowest BCUT2D eigenvalue weighted by Gasteiger charge is -2.38. The zero-order chi connectivity index (χ0) is 42.7. The zero-order valence-corrected chi connectivity index (χ0v) is 34.8. The first-order chi connectivity index (χ1) is 28.2. The van der Waals surface area contributed by atoms with Gasteiger partial charge in [-0.15, -0.1) is 0 Å². The number of amides is 5. The summed E-state index contributed by atoms with van der Waals surface area (Å²) in [5.74, 6) is -5.74. The maximum Gasteiger partial charge on any atom is 0.326 e. The third-order valence-corrected chi connectivity index (χ3v) is 12.2. The summed E-state index contributed by atoms with van der Waals surface area (Å²) in [5.41, 5.74) is -0.0761. The van der Waals surface area contributed by atoms with Crippen molar-refractivity contribution in [3.8, 4) is 0 Å². The number of hydrogen-bond donors (Lipinski definition) is 5. The molecule has 5 N–H and O–H groups in total. The second-order valence-electron chi connectivity index (χ2n) is 17.5. The zero-order valence-electron chi connectivity index (χ0n) is 34.8. The second-order valence-corrected chi connectivity index (χ2v) is 17.5. The number of likely N-dealkylation sites (tertiary alicyclic amines) is 1. The van der Waals surface area contributed by atoms with Crippen molar-refractivity contribution >= 4 is 41.3 Å². The molecule has 7 atom stereocenters. The predicted octanol–water partition coefficient (Wildman–Crippen LogP) is 3.76. The molecule has 2 saturated carbocycles. The van der Waals surface area contributed by atoms with Crippen LogP contribution >= 0.6 is 0 Å². The summed E-state index contributed by atoms with van der Waals surface area (Å²) in [6, 6.07) is 3.16. The normalized spacial score (nSPS) is 21.3. The number of unbranched alkanes of at least 4 members (excludes halogenated alkanes) is 2. The maximum atomic E-state index is 14.8. The summed E-state index contributed by atoms with van der Waals surface area (Å²) in [7, 11) is 0. The van der Waals surface area contributed by atoms with E-state index >= 15 is 0 Å². The van der Waals surface area contributed by atoms with Crippen molar-refractivity contribution in [1.82, 2.24) is 36.1 Å². The predicted molar refractivity (Wildman–Crippen MR) is 218 cm³/mol. The smallest absolute Gasteiger partial charge is 0.326 e. The Kier molecular flexibility index (Phi) is 15.7. The second kappa shape index (κ2) is 20.7. The number of carbonyl (C=O) groups excluding carboxylic acids is 6. The number of nitrogens with one attached hydrogen (secondary N) is 4. The summed E-state index contributed by atoms with van der Waals surface area (Å²) in [6.45, 7) is 7.77. The van der Waals surface area contributed by atoms with E-state index in [1.165, 1.54) is 23.5 Å². The number of carbonyl (C=O) groups is 7. The van der Waals surface area contributed by atoms with Gasteiger partial charge in [-0.05, 0) is 60.8 Å². The van der Waals surface area contributed by atoms with Crippen molar-refractivity contribution in [3.63, 3.8) is 0 Å². The Labute approximate surface area is 346 Å². The highest BCUT2D eigenvalue weighted by Gasteiger charge is 2.52. The molecule has 1 aromatic heterocycles.